The van der Waals surface area contributed by atoms with Crippen LogP contribution in [-0.2, 0) is 5.41 Å². The van der Waals surface area contributed by atoms with Gasteiger partial charge in [-0.15, -0.1) is 0 Å². The van der Waals surface area contributed by atoms with Crippen LogP contribution in [0.15, 0.2) is 259 Å². The zero-order valence-corrected chi connectivity index (χ0v) is 35.5. The highest BCUT2D eigenvalue weighted by Gasteiger charge is 2.47. The van der Waals surface area contributed by atoms with Crippen molar-refractivity contribution in [1.29, 1.82) is 0 Å². The van der Waals surface area contributed by atoms with Gasteiger partial charge < -0.3 is 14.2 Å². The van der Waals surface area contributed by atoms with Crippen LogP contribution in [0.5, 0.6) is 0 Å². The Bertz CT molecular complexity index is 4160. The van der Waals surface area contributed by atoms with Gasteiger partial charge >= 0.3 is 0 Å². The van der Waals surface area contributed by atoms with Crippen LogP contribution in [0.2, 0.25) is 0 Å². The molecular formula is C63H42N2O. The third-order valence-electron chi connectivity index (χ3n) is 13.1. The fourth-order valence-corrected chi connectivity index (χ4v) is 10.2. The van der Waals surface area contributed by atoms with Crippen molar-refractivity contribution < 1.29 is 14.0 Å². The number of nitrogens with zero attached hydrogens (tertiary/aromatic N) is 2. The van der Waals surface area contributed by atoms with E-state index in [9.17, 15) is 5.48 Å². The highest BCUT2D eigenvalue weighted by molar-refractivity contribution is 6.06. The number of fused-ring (bicyclic) bond motifs is 8. The second kappa shape index (κ2) is 15.3. The second-order valence-corrected chi connectivity index (χ2v) is 16.7. The smallest absolute Gasteiger partial charge is 0.135 e. The maximum Gasteiger partial charge on any atom is 0.135 e. The Labute approximate surface area is 393 Å². The minimum absolute atomic E-state index is 0.111. The van der Waals surface area contributed by atoms with Gasteiger partial charge in [0, 0.05) is 44.6 Å². The monoisotopic (exact) mass is 849 g/mol. The molecule has 0 saturated carbocycles. The molecule has 310 valence electrons. The standard InChI is InChI=1S/C63H42N2O/c1-4-21-48(22-5-1)64(49-23-6-2-7-24-49)51-34-37-58-56(41-51)57-42-52(65(50-25-8-3-9-26-50)60-29-16-20-44-18-12-13-27-53(44)60)35-38-59(57)63(58,46-32-31-43-17-10-11-19-45(43)39-46)47-33-36-55-54-28-14-15-30-61(54)66-62(55)40-47/h1-42H/i10D,11D,17D,19D,31D,32D,39D. The van der Waals surface area contributed by atoms with Crippen molar-refractivity contribution in [3.63, 3.8) is 0 Å². The predicted molar refractivity (Wildman–Crippen MR) is 275 cm³/mol. The van der Waals surface area contributed by atoms with E-state index in [0.717, 1.165) is 77.9 Å². The van der Waals surface area contributed by atoms with Gasteiger partial charge in [0.05, 0.1) is 20.7 Å². The van der Waals surface area contributed by atoms with E-state index >= 15 is 0 Å². The molecule has 3 nitrogen and oxygen atoms in total. The molecule has 1 unspecified atom stereocenters. The van der Waals surface area contributed by atoms with E-state index in [1.807, 2.05) is 103 Å². The van der Waals surface area contributed by atoms with Crippen molar-refractivity contribution in [3.05, 3.63) is 277 Å². The summed E-state index contributed by atoms with van der Waals surface area (Å²) in [5.74, 6) is 0. The predicted octanol–water partition coefficient (Wildman–Crippen LogP) is 17.2. The van der Waals surface area contributed by atoms with E-state index < -0.39 is 29.6 Å². The summed E-state index contributed by atoms with van der Waals surface area (Å²) in [5.41, 5.74) is 9.21. The van der Waals surface area contributed by atoms with Crippen LogP contribution in [0.4, 0.5) is 34.1 Å². The van der Waals surface area contributed by atoms with Gasteiger partial charge in [-0.3, -0.25) is 0 Å². The second-order valence-electron chi connectivity index (χ2n) is 16.7. The average Bonchev–Trinajstić information content (AvgIpc) is 3.96. The molecule has 1 heterocycles. The number of hydrogen-bond acceptors (Lipinski definition) is 3. The molecule has 0 fully saturated rings. The Balaban J connectivity index is 1.18. The van der Waals surface area contributed by atoms with Crippen LogP contribution in [0, 0.1) is 0 Å². The van der Waals surface area contributed by atoms with Gasteiger partial charge in [0.15, 0.2) is 0 Å². The first-order chi connectivity index (χ1) is 35.6. The van der Waals surface area contributed by atoms with Gasteiger partial charge in [0.1, 0.15) is 11.2 Å². The molecular weight excluding hydrogens is 801 g/mol. The molecule has 66 heavy (non-hydrogen) atoms. The molecule has 0 N–H and O–H groups in total. The Morgan fingerprint density at radius 3 is 1.62 bits per heavy atom. The molecule has 0 radical (unpaired) electrons. The fourth-order valence-electron chi connectivity index (χ4n) is 10.2. The summed E-state index contributed by atoms with van der Waals surface area (Å²) in [7, 11) is 0. The molecule has 0 bridgehead atoms. The van der Waals surface area contributed by atoms with E-state index in [-0.39, 0.29) is 34.5 Å². The number of benzene rings is 11. The van der Waals surface area contributed by atoms with Crippen LogP contribution in [0.1, 0.15) is 31.8 Å². The summed E-state index contributed by atoms with van der Waals surface area (Å²) in [4.78, 5) is 4.46. The van der Waals surface area contributed by atoms with Gasteiger partial charge in [0.25, 0.3) is 0 Å². The zero-order chi connectivity index (χ0) is 49.7. The Morgan fingerprint density at radius 2 is 0.924 bits per heavy atom. The van der Waals surface area contributed by atoms with E-state index in [2.05, 4.69) is 119 Å². The third-order valence-corrected chi connectivity index (χ3v) is 13.1. The lowest BCUT2D eigenvalue weighted by molar-refractivity contribution is 0.665. The third kappa shape index (κ3) is 5.91. The molecule has 0 saturated heterocycles. The van der Waals surface area contributed by atoms with Crippen molar-refractivity contribution >= 4 is 77.6 Å². The number of para-hydroxylation sites is 4. The summed E-state index contributed by atoms with van der Waals surface area (Å²) in [6.45, 7) is 0. The van der Waals surface area contributed by atoms with Gasteiger partial charge in [-0.05, 0) is 134 Å². The van der Waals surface area contributed by atoms with Crippen molar-refractivity contribution in [1.82, 2.24) is 0 Å². The van der Waals surface area contributed by atoms with E-state index in [1.165, 1.54) is 0 Å². The van der Waals surface area contributed by atoms with Crippen LogP contribution in [-0.4, -0.2) is 0 Å². The lowest BCUT2D eigenvalue weighted by atomic mass is 9.67. The Kier molecular flexibility index (Phi) is 7.22. The first-order valence-electron chi connectivity index (χ1n) is 25.6. The summed E-state index contributed by atoms with van der Waals surface area (Å²) in [5, 5.41) is 3.71. The van der Waals surface area contributed by atoms with Gasteiger partial charge in [-0.2, -0.15) is 0 Å². The zero-order valence-electron chi connectivity index (χ0n) is 42.5. The molecule has 0 amide bonds. The van der Waals surface area contributed by atoms with E-state index in [1.54, 1.807) is 0 Å². The first-order valence-corrected chi connectivity index (χ1v) is 22.1. The molecule has 1 aromatic heterocycles. The highest BCUT2D eigenvalue weighted by atomic mass is 16.3. The average molecular weight is 850 g/mol. The van der Waals surface area contributed by atoms with Gasteiger partial charge in [-0.1, -0.05) is 170 Å². The molecule has 12 aromatic rings. The van der Waals surface area contributed by atoms with E-state index in [4.69, 9.17) is 8.53 Å². The molecule has 0 aliphatic heterocycles. The molecule has 3 heteroatoms. The number of rotatable bonds is 8. The quantitative estimate of drug-likeness (QED) is 0.152. The summed E-state index contributed by atoms with van der Waals surface area (Å²) in [6.07, 6.45) is 0. The first kappa shape index (κ1) is 31.2. The maximum atomic E-state index is 10.3. The fraction of sp³-hybridized carbons (Fsp3) is 0.0159. The molecule has 1 aliphatic carbocycles. The van der Waals surface area contributed by atoms with Crippen LogP contribution in [0.25, 0.3) is 54.6 Å². The van der Waals surface area contributed by atoms with Crippen LogP contribution < -0.4 is 9.80 Å². The van der Waals surface area contributed by atoms with Crippen molar-refractivity contribution in [2.24, 2.45) is 0 Å². The minimum Gasteiger partial charge on any atom is -0.456 e. The number of hydrogen-bond donors (Lipinski definition) is 0. The Morgan fingerprint density at radius 1 is 0.364 bits per heavy atom. The lowest BCUT2D eigenvalue weighted by Crippen LogP contribution is -2.28. The summed E-state index contributed by atoms with van der Waals surface area (Å²) >= 11 is 0. The van der Waals surface area contributed by atoms with E-state index in [0.29, 0.717) is 16.7 Å². The van der Waals surface area contributed by atoms with Crippen molar-refractivity contribution in [2.45, 2.75) is 5.41 Å². The normalized spacial score (nSPS) is 15.6. The van der Waals surface area contributed by atoms with Crippen LogP contribution >= 0.6 is 0 Å². The topological polar surface area (TPSA) is 19.6 Å². The number of furan rings is 1. The van der Waals surface area contributed by atoms with Gasteiger partial charge in [-0.25, -0.2) is 0 Å². The van der Waals surface area contributed by atoms with Crippen molar-refractivity contribution in [3.8, 4) is 11.1 Å². The SMILES string of the molecule is [2H]c1c([2H])c([2H])c2c([2H])c(C3(c4ccc5c(c4)oc4ccccc45)c4ccc(N(c5ccccc5)c5ccccc5)cc4-c4cc(N(c5ccccc5)c5cccc6ccccc56)ccc43)c([2H])c([2H])c2c1[2H]. The lowest BCUT2D eigenvalue weighted by Gasteiger charge is -2.35. The minimum atomic E-state index is -1.51. The molecule has 1 aliphatic rings. The summed E-state index contributed by atoms with van der Waals surface area (Å²) < 4.78 is 72.4. The summed E-state index contributed by atoms with van der Waals surface area (Å²) in [6, 6.07) is 68.9. The largest absolute Gasteiger partial charge is 0.456 e. The van der Waals surface area contributed by atoms with Crippen molar-refractivity contribution in [2.75, 3.05) is 9.80 Å². The maximum absolute atomic E-state index is 10.3. The Hall–Kier alpha value is -8.66. The molecule has 1 atom stereocenters. The number of anilines is 6. The van der Waals surface area contributed by atoms with Gasteiger partial charge in [0.2, 0.25) is 0 Å². The van der Waals surface area contributed by atoms with Crippen LogP contribution in [0.3, 0.4) is 0 Å². The molecule has 0 spiro atoms. The highest BCUT2D eigenvalue weighted by Crippen LogP contribution is 2.59. The molecule has 11 aromatic carbocycles. The molecule has 13 rings (SSSR count).